The molecule has 1 saturated heterocycles. The second kappa shape index (κ2) is 9.99. The first-order valence-electron chi connectivity index (χ1n) is 8.48. The van der Waals surface area contributed by atoms with Crippen molar-refractivity contribution >= 4 is 29.1 Å². The zero-order valence-electron chi connectivity index (χ0n) is 14.1. The molecule has 6 nitrogen and oxygen atoms in total. The summed E-state index contributed by atoms with van der Waals surface area (Å²) in [5.74, 6) is 2.25. The van der Waals surface area contributed by atoms with Crippen LogP contribution in [0.4, 0.5) is 0 Å². The van der Waals surface area contributed by atoms with E-state index < -0.39 is 10.8 Å². The van der Waals surface area contributed by atoms with Crippen LogP contribution in [0, 0.1) is 5.92 Å². The molecule has 0 aromatic heterocycles. The molecule has 1 aromatic rings. The number of hydrogen-bond donors (Lipinski definition) is 2. The van der Waals surface area contributed by atoms with E-state index in [2.05, 4.69) is 10.6 Å². The van der Waals surface area contributed by atoms with Gasteiger partial charge in [-0.05, 0) is 44.0 Å². The van der Waals surface area contributed by atoms with Crippen molar-refractivity contribution in [3.63, 3.8) is 0 Å². The van der Waals surface area contributed by atoms with Crippen LogP contribution in [0.15, 0.2) is 23.1 Å². The van der Waals surface area contributed by atoms with Crippen molar-refractivity contribution in [3.05, 3.63) is 18.2 Å². The first-order valence-corrected chi connectivity index (χ1v) is 9.80. The van der Waals surface area contributed by atoms with Gasteiger partial charge in [0.2, 0.25) is 5.91 Å². The van der Waals surface area contributed by atoms with Gasteiger partial charge in [-0.15, -0.1) is 12.4 Å². The van der Waals surface area contributed by atoms with Crippen LogP contribution in [0.1, 0.15) is 19.3 Å². The van der Waals surface area contributed by atoms with Gasteiger partial charge in [0.25, 0.3) is 0 Å². The fourth-order valence-electron chi connectivity index (χ4n) is 2.93. The van der Waals surface area contributed by atoms with Crippen LogP contribution >= 0.6 is 12.4 Å². The van der Waals surface area contributed by atoms with Gasteiger partial charge in [-0.3, -0.25) is 9.00 Å². The van der Waals surface area contributed by atoms with Crippen molar-refractivity contribution in [2.24, 2.45) is 5.92 Å². The van der Waals surface area contributed by atoms with E-state index in [0.717, 1.165) is 19.5 Å². The third kappa shape index (κ3) is 5.87. The summed E-state index contributed by atoms with van der Waals surface area (Å²) in [6.07, 6.45) is 2.46. The predicted molar refractivity (Wildman–Crippen MR) is 99.2 cm³/mol. The Morgan fingerprint density at radius 2 is 2.08 bits per heavy atom. The highest BCUT2D eigenvalue weighted by Gasteiger charge is 2.16. The van der Waals surface area contributed by atoms with E-state index in [0.29, 0.717) is 47.8 Å². The molecular weight excluding hydrogens is 364 g/mol. The average molecular weight is 389 g/mol. The van der Waals surface area contributed by atoms with Gasteiger partial charge in [0.15, 0.2) is 11.5 Å². The lowest BCUT2D eigenvalue weighted by Gasteiger charge is -2.18. The molecule has 2 N–H and O–H groups in total. The molecule has 0 bridgehead atoms. The quantitative estimate of drug-likeness (QED) is 0.740. The van der Waals surface area contributed by atoms with Crippen molar-refractivity contribution in [2.45, 2.75) is 24.2 Å². The van der Waals surface area contributed by atoms with Gasteiger partial charge in [0, 0.05) is 29.7 Å². The molecule has 0 saturated carbocycles. The summed E-state index contributed by atoms with van der Waals surface area (Å²) in [5.41, 5.74) is 0. The van der Waals surface area contributed by atoms with E-state index in [-0.39, 0.29) is 24.7 Å². The number of rotatable bonds is 7. The topological polar surface area (TPSA) is 76.7 Å². The summed E-state index contributed by atoms with van der Waals surface area (Å²) >= 11 is 0. The highest BCUT2D eigenvalue weighted by atomic mass is 35.5. The van der Waals surface area contributed by atoms with Gasteiger partial charge in [-0.25, -0.2) is 0 Å². The number of hydrogen-bond acceptors (Lipinski definition) is 5. The van der Waals surface area contributed by atoms with Gasteiger partial charge in [-0.2, -0.15) is 0 Å². The Hall–Kier alpha value is -1.31. The minimum Gasteiger partial charge on any atom is -0.486 e. The fraction of sp³-hybridized carbons (Fsp3) is 0.588. The minimum atomic E-state index is -1.22. The first kappa shape index (κ1) is 20.0. The molecule has 0 radical (unpaired) electrons. The Balaban J connectivity index is 0.00000225. The molecule has 2 heterocycles. The van der Waals surface area contributed by atoms with Gasteiger partial charge in [-0.1, -0.05) is 0 Å². The van der Waals surface area contributed by atoms with Crippen LogP contribution in [0.2, 0.25) is 0 Å². The monoisotopic (exact) mass is 388 g/mol. The largest absolute Gasteiger partial charge is 0.486 e. The van der Waals surface area contributed by atoms with Crippen LogP contribution in [0.5, 0.6) is 11.5 Å². The second-order valence-electron chi connectivity index (χ2n) is 6.10. The number of carbonyl (C=O) groups is 1. The lowest BCUT2D eigenvalue weighted by atomic mass is 10.1. The number of carbonyl (C=O) groups excluding carboxylic acids is 1. The Morgan fingerprint density at radius 1 is 1.28 bits per heavy atom. The molecule has 2 aliphatic rings. The first-order chi connectivity index (χ1) is 11.7. The van der Waals surface area contributed by atoms with Crippen LogP contribution in [-0.2, 0) is 15.6 Å². The van der Waals surface area contributed by atoms with Crippen molar-refractivity contribution in [1.82, 2.24) is 10.6 Å². The van der Waals surface area contributed by atoms with Crippen LogP contribution in [0.3, 0.4) is 0 Å². The summed E-state index contributed by atoms with van der Waals surface area (Å²) < 4.78 is 23.3. The van der Waals surface area contributed by atoms with Crippen LogP contribution in [0.25, 0.3) is 0 Å². The van der Waals surface area contributed by atoms with Gasteiger partial charge >= 0.3 is 0 Å². The summed E-state index contributed by atoms with van der Waals surface area (Å²) in [6.45, 7) is 3.85. The Kier molecular flexibility index (Phi) is 7.99. The molecule has 2 atom stereocenters. The number of halogens is 1. The average Bonchev–Trinajstić information content (AvgIpc) is 3.12. The Morgan fingerprint density at radius 3 is 2.84 bits per heavy atom. The van der Waals surface area contributed by atoms with Crippen LogP contribution < -0.4 is 20.1 Å². The molecule has 2 unspecified atom stereocenters. The van der Waals surface area contributed by atoms with Crippen molar-refractivity contribution in [3.8, 4) is 11.5 Å². The highest BCUT2D eigenvalue weighted by molar-refractivity contribution is 7.85. The molecule has 0 spiro atoms. The fourth-order valence-corrected chi connectivity index (χ4v) is 4.00. The van der Waals surface area contributed by atoms with Gasteiger partial charge in [0.05, 0.1) is 10.8 Å². The molecular formula is C17H25ClN2O4S. The van der Waals surface area contributed by atoms with E-state index in [1.165, 1.54) is 6.42 Å². The summed E-state index contributed by atoms with van der Waals surface area (Å²) in [4.78, 5) is 12.5. The van der Waals surface area contributed by atoms with E-state index in [4.69, 9.17) is 9.47 Å². The minimum absolute atomic E-state index is 0. The van der Waals surface area contributed by atoms with E-state index >= 15 is 0 Å². The molecule has 2 aliphatic heterocycles. The van der Waals surface area contributed by atoms with E-state index in [9.17, 15) is 9.00 Å². The number of benzene rings is 1. The summed E-state index contributed by atoms with van der Waals surface area (Å²) in [5, 5.41) is 6.24. The van der Waals surface area contributed by atoms with Crippen molar-refractivity contribution < 1.29 is 18.5 Å². The molecule has 140 valence electrons. The third-order valence-corrected chi connectivity index (χ3v) is 5.68. The summed E-state index contributed by atoms with van der Waals surface area (Å²) in [6, 6.07) is 5.29. The second-order valence-corrected chi connectivity index (χ2v) is 7.67. The number of ether oxygens (including phenoxy) is 2. The Bertz CT molecular complexity index is 608. The van der Waals surface area contributed by atoms with Crippen LogP contribution in [-0.4, -0.2) is 48.7 Å². The van der Waals surface area contributed by atoms with Gasteiger partial charge in [0.1, 0.15) is 13.2 Å². The molecule has 25 heavy (non-hydrogen) atoms. The highest BCUT2D eigenvalue weighted by Crippen LogP contribution is 2.31. The smallest absolute Gasteiger partial charge is 0.220 e. The van der Waals surface area contributed by atoms with E-state index in [1.54, 1.807) is 18.2 Å². The lowest BCUT2D eigenvalue weighted by molar-refractivity contribution is -0.120. The molecule has 0 aliphatic carbocycles. The molecule has 8 heteroatoms. The number of nitrogens with one attached hydrogen (secondary N) is 2. The predicted octanol–water partition coefficient (Wildman–Crippen LogP) is 1.49. The summed E-state index contributed by atoms with van der Waals surface area (Å²) in [7, 11) is -1.22. The zero-order chi connectivity index (χ0) is 16.8. The Labute approximate surface area is 156 Å². The maximum atomic E-state index is 12.3. The number of amides is 1. The number of fused-ring (bicyclic) bond motifs is 1. The van der Waals surface area contributed by atoms with Gasteiger partial charge < -0.3 is 20.1 Å². The molecule has 1 fully saturated rings. The zero-order valence-corrected chi connectivity index (χ0v) is 15.8. The van der Waals surface area contributed by atoms with Crippen molar-refractivity contribution in [2.75, 3.05) is 38.6 Å². The van der Waals surface area contributed by atoms with Crippen molar-refractivity contribution in [1.29, 1.82) is 0 Å². The molecule has 1 aromatic carbocycles. The standard InChI is InChI=1S/C17H24N2O4S.ClH/c20-17(19-7-4-13-3-6-18-12-13)5-10-24(21)14-1-2-15-16(11-14)23-9-8-22-15;/h1-2,11,13,18H,3-10,12H2,(H,19,20);1H. The third-order valence-electron chi connectivity index (χ3n) is 4.33. The maximum absolute atomic E-state index is 12.3. The van der Waals surface area contributed by atoms with E-state index in [1.807, 2.05) is 0 Å². The SMILES string of the molecule is Cl.O=C(CCS(=O)c1ccc2c(c1)OCCO2)NCCC1CCNC1. The maximum Gasteiger partial charge on any atom is 0.220 e. The lowest BCUT2D eigenvalue weighted by Crippen LogP contribution is -2.27. The normalized spacial score (nSPS) is 19.8. The molecule has 1 amide bonds. The molecule has 3 rings (SSSR count).